The molecule has 4 rings (SSSR count). The van der Waals surface area contributed by atoms with Crippen LogP contribution in [0.1, 0.15) is 43.6 Å². The van der Waals surface area contributed by atoms with Gasteiger partial charge in [0.25, 0.3) is 0 Å². The molecule has 1 heterocycles. The van der Waals surface area contributed by atoms with Crippen LogP contribution in [0, 0.1) is 18.7 Å². The van der Waals surface area contributed by atoms with E-state index in [0.29, 0.717) is 47.1 Å². The largest absolute Gasteiger partial charge is 0.493 e. The van der Waals surface area contributed by atoms with Crippen LogP contribution in [0.3, 0.4) is 0 Å². The van der Waals surface area contributed by atoms with E-state index in [2.05, 4.69) is 15.3 Å². The number of aliphatic hydroxyl groups is 1. The average molecular weight is 583 g/mol. The number of benzene rings is 2. The molecule has 1 fully saturated rings. The van der Waals surface area contributed by atoms with E-state index in [0.717, 1.165) is 19.9 Å². The van der Waals surface area contributed by atoms with Crippen LogP contribution in [-0.2, 0) is 12.5 Å². The Morgan fingerprint density at radius 1 is 1.15 bits per heavy atom. The second-order valence-corrected chi connectivity index (χ2v) is 11.1. The Kier molecular flexibility index (Phi) is 8.65. The van der Waals surface area contributed by atoms with Crippen LogP contribution in [0.2, 0.25) is 0 Å². The van der Waals surface area contributed by atoms with Gasteiger partial charge in [0.05, 0.1) is 18.2 Å². The average Bonchev–Trinajstić information content (AvgIpc) is 2.85. The number of likely N-dealkylation sites (N-methyl/N-ethyl adjacent to an activating group) is 1. The summed E-state index contributed by atoms with van der Waals surface area (Å²) in [5, 5.41) is 13.5. The first-order valence-corrected chi connectivity index (χ1v) is 13.3. The fourth-order valence-electron chi connectivity index (χ4n) is 4.88. The Hall–Kier alpha value is -3.25. The SMILES string of the molecule is COc1cc2nc(C)nc(NCc3cccc(C(F)(F)C(C)(C)O)c3F)c2cc1OCCN(C)CC1CC(F)(F)C1. The molecule has 41 heavy (non-hydrogen) atoms. The van der Waals surface area contributed by atoms with Crippen molar-refractivity contribution >= 4 is 16.7 Å². The third kappa shape index (κ3) is 6.81. The maximum atomic E-state index is 15.2. The maximum absolute atomic E-state index is 15.2. The number of halogens is 5. The molecule has 224 valence electrons. The lowest BCUT2D eigenvalue weighted by atomic mass is 9.81. The molecule has 0 atom stereocenters. The number of nitrogens with zero attached hydrogens (tertiary/aromatic N) is 3. The molecule has 2 aromatic carbocycles. The number of fused-ring (bicyclic) bond motifs is 1. The van der Waals surface area contributed by atoms with Crippen molar-refractivity contribution in [2.45, 2.75) is 57.6 Å². The fraction of sp³-hybridized carbons (Fsp3) is 0.517. The Balaban J connectivity index is 1.52. The third-order valence-corrected chi connectivity index (χ3v) is 7.20. The van der Waals surface area contributed by atoms with Gasteiger partial charge < -0.3 is 24.8 Å². The zero-order chi connectivity index (χ0) is 30.2. The minimum Gasteiger partial charge on any atom is -0.493 e. The van der Waals surface area contributed by atoms with E-state index in [9.17, 15) is 22.7 Å². The summed E-state index contributed by atoms with van der Waals surface area (Å²) >= 11 is 0. The number of hydrogen-bond donors (Lipinski definition) is 2. The van der Waals surface area contributed by atoms with E-state index in [-0.39, 0.29) is 37.5 Å². The first-order valence-electron chi connectivity index (χ1n) is 13.3. The van der Waals surface area contributed by atoms with Crippen LogP contribution < -0.4 is 14.8 Å². The summed E-state index contributed by atoms with van der Waals surface area (Å²) in [6, 6.07) is 6.99. The third-order valence-electron chi connectivity index (χ3n) is 7.20. The quantitative estimate of drug-likeness (QED) is 0.257. The molecular weight excluding hydrogens is 547 g/mol. The van der Waals surface area contributed by atoms with Crippen molar-refractivity contribution < 1.29 is 36.5 Å². The molecular formula is C29H35F5N4O3. The lowest BCUT2D eigenvalue weighted by molar-refractivity contribution is -0.170. The molecule has 1 aliphatic carbocycles. The predicted octanol–water partition coefficient (Wildman–Crippen LogP) is 5.92. The molecule has 0 amide bonds. The van der Waals surface area contributed by atoms with Crippen molar-refractivity contribution in [1.29, 1.82) is 0 Å². The van der Waals surface area contributed by atoms with E-state index in [1.54, 1.807) is 19.1 Å². The first-order chi connectivity index (χ1) is 19.1. The van der Waals surface area contributed by atoms with E-state index >= 15 is 4.39 Å². The van der Waals surface area contributed by atoms with Gasteiger partial charge in [-0.15, -0.1) is 0 Å². The van der Waals surface area contributed by atoms with Crippen molar-refractivity contribution in [3.63, 3.8) is 0 Å². The number of rotatable bonds is 12. The second kappa shape index (κ2) is 11.6. The van der Waals surface area contributed by atoms with Crippen LogP contribution in [-0.4, -0.2) is 65.4 Å². The van der Waals surface area contributed by atoms with Gasteiger partial charge in [0, 0.05) is 49.5 Å². The van der Waals surface area contributed by atoms with Crippen molar-refractivity contribution in [1.82, 2.24) is 14.9 Å². The molecule has 1 aliphatic rings. The minimum atomic E-state index is -3.81. The van der Waals surface area contributed by atoms with Gasteiger partial charge in [0.1, 0.15) is 29.7 Å². The highest BCUT2D eigenvalue weighted by Crippen LogP contribution is 2.43. The number of nitrogens with one attached hydrogen (secondary N) is 1. The van der Waals surface area contributed by atoms with Gasteiger partial charge >= 0.3 is 5.92 Å². The Morgan fingerprint density at radius 2 is 1.85 bits per heavy atom. The van der Waals surface area contributed by atoms with Crippen molar-refractivity contribution in [2.24, 2.45) is 5.92 Å². The predicted molar refractivity (Wildman–Crippen MR) is 145 cm³/mol. The number of alkyl halides is 4. The van der Waals surface area contributed by atoms with Crippen LogP contribution in [0.4, 0.5) is 27.8 Å². The number of ether oxygens (including phenoxy) is 2. The summed E-state index contributed by atoms with van der Waals surface area (Å²) in [5.74, 6) is -5.95. The summed E-state index contributed by atoms with van der Waals surface area (Å²) in [6.45, 7) is 4.69. The highest BCUT2D eigenvalue weighted by atomic mass is 19.3. The molecule has 0 unspecified atom stereocenters. The van der Waals surface area contributed by atoms with Gasteiger partial charge in [-0.25, -0.2) is 23.1 Å². The number of aromatic nitrogens is 2. The molecule has 0 saturated heterocycles. The Morgan fingerprint density at radius 3 is 2.49 bits per heavy atom. The summed E-state index contributed by atoms with van der Waals surface area (Å²) in [4.78, 5) is 10.8. The van der Waals surface area contributed by atoms with Crippen LogP contribution in [0.5, 0.6) is 11.5 Å². The highest BCUT2D eigenvalue weighted by molar-refractivity contribution is 5.91. The highest BCUT2D eigenvalue weighted by Gasteiger charge is 2.49. The maximum Gasteiger partial charge on any atom is 0.303 e. The monoisotopic (exact) mass is 582 g/mol. The molecule has 0 spiro atoms. The normalized spacial score (nSPS) is 15.7. The van der Waals surface area contributed by atoms with Gasteiger partial charge in [-0.3, -0.25) is 0 Å². The van der Waals surface area contributed by atoms with Crippen molar-refractivity contribution in [3.8, 4) is 11.5 Å². The van der Waals surface area contributed by atoms with Crippen LogP contribution >= 0.6 is 0 Å². The molecule has 0 aliphatic heterocycles. The second-order valence-electron chi connectivity index (χ2n) is 11.1. The standard InChI is InChI=1S/C29H35F5N4O3/c1-17-36-22-12-23(40-5)24(41-10-9-38(4)16-18-13-28(31,32)14-18)11-20(22)26(37-17)35-15-19-7-6-8-21(25(19)30)29(33,34)27(2,3)39/h6-8,11-12,18,39H,9-10,13-16H2,1-5H3,(H,35,36,37). The zero-order valence-electron chi connectivity index (χ0n) is 23.7. The Labute approximate surface area is 235 Å². The van der Waals surface area contributed by atoms with Gasteiger partial charge in [-0.2, -0.15) is 8.78 Å². The lowest BCUT2D eigenvalue weighted by Crippen LogP contribution is -2.42. The van der Waals surface area contributed by atoms with Crippen LogP contribution in [0.25, 0.3) is 10.9 Å². The number of aryl methyl sites for hydroxylation is 1. The number of anilines is 1. The molecule has 7 nitrogen and oxygen atoms in total. The summed E-state index contributed by atoms with van der Waals surface area (Å²) < 4.78 is 82.3. The topological polar surface area (TPSA) is 79.7 Å². The van der Waals surface area contributed by atoms with E-state index in [1.165, 1.54) is 19.2 Å². The summed E-state index contributed by atoms with van der Waals surface area (Å²) in [7, 11) is 3.34. The molecule has 1 aromatic heterocycles. The minimum absolute atomic E-state index is 0.0342. The fourth-order valence-corrected chi connectivity index (χ4v) is 4.88. The molecule has 12 heteroatoms. The zero-order valence-corrected chi connectivity index (χ0v) is 23.7. The van der Waals surface area contributed by atoms with E-state index in [1.807, 2.05) is 11.9 Å². The molecule has 0 radical (unpaired) electrons. The molecule has 0 bridgehead atoms. The lowest BCUT2D eigenvalue weighted by Gasteiger charge is -2.37. The van der Waals surface area contributed by atoms with E-state index in [4.69, 9.17) is 9.47 Å². The molecule has 1 saturated carbocycles. The van der Waals surface area contributed by atoms with Crippen LogP contribution in [0.15, 0.2) is 30.3 Å². The van der Waals surface area contributed by atoms with Gasteiger partial charge in [-0.1, -0.05) is 12.1 Å². The van der Waals surface area contributed by atoms with Crippen molar-refractivity contribution in [3.05, 3.63) is 53.1 Å². The van der Waals surface area contributed by atoms with Gasteiger partial charge in [-0.05, 0) is 45.9 Å². The summed E-state index contributed by atoms with van der Waals surface area (Å²) in [6.07, 6.45) is -0.191. The van der Waals surface area contributed by atoms with Gasteiger partial charge in [0.15, 0.2) is 11.5 Å². The van der Waals surface area contributed by atoms with E-state index < -0.39 is 28.8 Å². The Bertz CT molecular complexity index is 1390. The first kappa shape index (κ1) is 30.7. The number of methoxy groups -OCH3 is 1. The van der Waals surface area contributed by atoms with Gasteiger partial charge in [0.2, 0.25) is 5.92 Å². The summed E-state index contributed by atoms with van der Waals surface area (Å²) in [5.41, 5.74) is -2.87. The molecule has 2 N–H and O–H groups in total. The molecule has 3 aromatic rings. The number of hydrogen-bond acceptors (Lipinski definition) is 7. The smallest absolute Gasteiger partial charge is 0.303 e. The van der Waals surface area contributed by atoms with Crippen molar-refractivity contribution in [2.75, 3.05) is 39.2 Å².